The zero-order valence-corrected chi connectivity index (χ0v) is 13.9. The summed E-state index contributed by atoms with van der Waals surface area (Å²) in [6.07, 6.45) is 2.54. The van der Waals surface area contributed by atoms with Crippen LogP contribution in [0.5, 0.6) is 0 Å². The van der Waals surface area contributed by atoms with Crippen molar-refractivity contribution in [3.63, 3.8) is 0 Å². The maximum Gasteiger partial charge on any atom is 0.331 e. The van der Waals surface area contributed by atoms with Crippen molar-refractivity contribution in [2.24, 2.45) is 0 Å². The number of hydrogen-bond acceptors (Lipinski definition) is 6. The zero-order chi connectivity index (χ0) is 19.6. The first-order chi connectivity index (χ1) is 12.9. The fraction of sp³-hybridized carbons (Fsp3) is 0.0526. The Labute approximate surface area is 153 Å². The minimum Gasteiger partial charge on any atom is -0.545 e. The molecule has 1 saturated heterocycles. The number of rotatable bonds is 5. The third-order valence-electron chi connectivity index (χ3n) is 3.82. The number of amides is 4. The first-order valence-corrected chi connectivity index (χ1v) is 7.82. The number of carbonyl (C=O) groups is 4. The van der Waals surface area contributed by atoms with Gasteiger partial charge in [0.1, 0.15) is 17.1 Å². The molecule has 27 heavy (non-hydrogen) atoms. The van der Waals surface area contributed by atoms with Gasteiger partial charge in [0.15, 0.2) is 0 Å². The van der Waals surface area contributed by atoms with Gasteiger partial charge in [-0.1, -0.05) is 30.3 Å². The van der Waals surface area contributed by atoms with Gasteiger partial charge < -0.3 is 14.3 Å². The van der Waals surface area contributed by atoms with Crippen LogP contribution in [0.2, 0.25) is 0 Å². The van der Waals surface area contributed by atoms with Crippen LogP contribution in [0.1, 0.15) is 16.1 Å². The number of aromatic carboxylic acids is 1. The number of imide groups is 2. The van der Waals surface area contributed by atoms with Crippen molar-refractivity contribution in [2.45, 2.75) is 0 Å². The lowest BCUT2D eigenvalue weighted by Crippen LogP contribution is -2.54. The molecule has 0 aliphatic carbocycles. The Morgan fingerprint density at radius 1 is 1.19 bits per heavy atom. The third kappa shape index (κ3) is 3.40. The molecule has 8 heteroatoms. The van der Waals surface area contributed by atoms with Crippen LogP contribution < -0.4 is 10.4 Å². The summed E-state index contributed by atoms with van der Waals surface area (Å²) >= 11 is 0. The largest absolute Gasteiger partial charge is 0.545 e. The van der Waals surface area contributed by atoms with Gasteiger partial charge in [0, 0.05) is 17.7 Å². The molecule has 0 bridgehead atoms. The predicted molar refractivity (Wildman–Crippen MR) is 91.9 cm³/mol. The van der Waals surface area contributed by atoms with Crippen molar-refractivity contribution >= 4 is 29.9 Å². The van der Waals surface area contributed by atoms with Crippen molar-refractivity contribution in [3.05, 3.63) is 65.9 Å². The molecular formula is C19H13N2O6-. The second kappa shape index (κ2) is 7.12. The van der Waals surface area contributed by atoms with Crippen molar-refractivity contribution in [1.29, 1.82) is 0 Å². The van der Waals surface area contributed by atoms with Gasteiger partial charge in [-0.15, -0.1) is 6.58 Å². The van der Waals surface area contributed by atoms with Gasteiger partial charge >= 0.3 is 6.03 Å². The topological polar surface area (TPSA) is 120 Å². The minimum absolute atomic E-state index is 0.0553. The molecule has 4 amide bonds. The number of carboxylic acid groups (broad SMARTS) is 1. The summed E-state index contributed by atoms with van der Waals surface area (Å²) in [5, 5.41) is 13.3. The van der Waals surface area contributed by atoms with E-state index in [0.29, 0.717) is 5.56 Å². The first kappa shape index (κ1) is 17.9. The first-order valence-electron chi connectivity index (χ1n) is 7.82. The summed E-state index contributed by atoms with van der Waals surface area (Å²) in [7, 11) is 0. The minimum atomic E-state index is -1.36. The van der Waals surface area contributed by atoms with Gasteiger partial charge in [-0.05, 0) is 18.2 Å². The molecule has 2 aromatic rings. The van der Waals surface area contributed by atoms with E-state index >= 15 is 0 Å². The molecule has 0 unspecified atom stereocenters. The van der Waals surface area contributed by atoms with Crippen LogP contribution in [0.3, 0.4) is 0 Å². The van der Waals surface area contributed by atoms with Crippen molar-refractivity contribution in [1.82, 2.24) is 10.2 Å². The van der Waals surface area contributed by atoms with E-state index in [0.717, 1.165) is 4.90 Å². The van der Waals surface area contributed by atoms with Crippen LogP contribution >= 0.6 is 0 Å². The molecular weight excluding hydrogens is 352 g/mol. The lowest BCUT2D eigenvalue weighted by atomic mass is 10.1. The highest BCUT2D eigenvalue weighted by Gasteiger charge is 2.35. The average molecular weight is 365 g/mol. The van der Waals surface area contributed by atoms with Gasteiger partial charge in [-0.25, -0.2) is 4.79 Å². The van der Waals surface area contributed by atoms with Crippen molar-refractivity contribution in [2.75, 3.05) is 6.54 Å². The molecule has 8 nitrogen and oxygen atoms in total. The highest BCUT2D eigenvalue weighted by molar-refractivity contribution is 6.30. The molecule has 1 aliphatic rings. The van der Waals surface area contributed by atoms with Gasteiger partial charge in [-0.3, -0.25) is 19.8 Å². The van der Waals surface area contributed by atoms with E-state index in [1.807, 2.05) is 0 Å². The lowest BCUT2D eigenvalue weighted by Gasteiger charge is -2.24. The molecule has 136 valence electrons. The standard InChI is InChI=1S/C19H14N2O6/c1-2-9-21-17(23)14(16(22)20-19(21)26)10-11-7-8-15(27-11)12-5-3-4-6-13(12)18(24)25/h2-8,10H,1,9H2,(H,24,25)(H,20,22,26)/p-1/b14-10+. The van der Waals surface area contributed by atoms with E-state index in [2.05, 4.69) is 11.9 Å². The number of benzene rings is 1. The molecule has 1 N–H and O–H groups in total. The molecule has 0 saturated carbocycles. The number of carboxylic acids is 1. The highest BCUT2D eigenvalue weighted by atomic mass is 16.4. The van der Waals surface area contributed by atoms with E-state index in [1.165, 1.54) is 30.4 Å². The van der Waals surface area contributed by atoms with Gasteiger partial charge in [-0.2, -0.15) is 0 Å². The second-order valence-electron chi connectivity index (χ2n) is 5.56. The summed E-state index contributed by atoms with van der Waals surface area (Å²) in [6, 6.07) is 8.27. The van der Waals surface area contributed by atoms with Crippen LogP contribution in [-0.2, 0) is 9.59 Å². The normalized spacial score (nSPS) is 15.8. The number of nitrogens with one attached hydrogen (secondary N) is 1. The van der Waals surface area contributed by atoms with E-state index in [9.17, 15) is 24.3 Å². The second-order valence-corrected chi connectivity index (χ2v) is 5.56. The fourth-order valence-corrected chi connectivity index (χ4v) is 2.58. The Balaban J connectivity index is 1.96. The van der Waals surface area contributed by atoms with Crippen LogP contribution in [0.4, 0.5) is 4.79 Å². The summed E-state index contributed by atoms with van der Waals surface area (Å²) in [5.41, 5.74) is -0.0455. The number of furan rings is 1. The zero-order valence-electron chi connectivity index (χ0n) is 13.9. The average Bonchev–Trinajstić information content (AvgIpc) is 3.10. The Bertz CT molecular complexity index is 1000. The number of hydrogen-bond donors (Lipinski definition) is 1. The quantitative estimate of drug-likeness (QED) is 0.479. The van der Waals surface area contributed by atoms with Crippen LogP contribution in [0.15, 0.2) is 59.0 Å². The van der Waals surface area contributed by atoms with Crippen LogP contribution in [0.25, 0.3) is 17.4 Å². The molecule has 1 aromatic carbocycles. The van der Waals surface area contributed by atoms with Crippen molar-refractivity contribution < 1.29 is 28.7 Å². The van der Waals surface area contributed by atoms with E-state index in [-0.39, 0.29) is 29.2 Å². The maximum absolute atomic E-state index is 12.4. The van der Waals surface area contributed by atoms with Crippen LogP contribution in [-0.4, -0.2) is 35.3 Å². The summed E-state index contributed by atoms with van der Waals surface area (Å²) in [6.45, 7) is 3.40. The SMILES string of the molecule is C=CCN1C(=O)NC(=O)/C(=C\c2ccc(-c3ccccc3C(=O)[O-])o2)C1=O. The Morgan fingerprint density at radius 3 is 2.63 bits per heavy atom. The highest BCUT2D eigenvalue weighted by Crippen LogP contribution is 2.27. The van der Waals surface area contributed by atoms with Gasteiger partial charge in [0.2, 0.25) is 0 Å². The Hall–Kier alpha value is -3.94. The Kier molecular flexibility index (Phi) is 4.71. The van der Waals surface area contributed by atoms with E-state index < -0.39 is 23.8 Å². The van der Waals surface area contributed by atoms with Gasteiger partial charge in [0.05, 0.1) is 5.97 Å². The summed E-state index contributed by atoms with van der Waals surface area (Å²) in [4.78, 5) is 48.1. The molecule has 1 aromatic heterocycles. The molecule has 2 heterocycles. The van der Waals surface area contributed by atoms with Crippen LogP contribution in [0, 0.1) is 0 Å². The Morgan fingerprint density at radius 2 is 1.93 bits per heavy atom. The summed E-state index contributed by atoms with van der Waals surface area (Å²) in [5.74, 6) is -2.62. The maximum atomic E-state index is 12.4. The fourth-order valence-electron chi connectivity index (χ4n) is 2.58. The van der Waals surface area contributed by atoms with Crippen molar-refractivity contribution in [3.8, 4) is 11.3 Å². The third-order valence-corrected chi connectivity index (χ3v) is 3.82. The number of nitrogens with zero attached hydrogens (tertiary/aromatic N) is 1. The number of carbonyl (C=O) groups excluding carboxylic acids is 4. The number of urea groups is 1. The smallest absolute Gasteiger partial charge is 0.331 e. The molecule has 0 radical (unpaired) electrons. The molecule has 0 spiro atoms. The van der Waals surface area contributed by atoms with E-state index in [1.54, 1.807) is 18.2 Å². The molecule has 3 rings (SSSR count). The van der Waals surface area contributed by atoms with E-state index in [4.69, 9.17) is 4.42 Å². The number of barbiturate groups is 1. The molecule has 1 aliphatic heterocycles. The summed E-state index contributed by atoms with van der Waals surface area (Å²) < 4.78 is 5.56. The predicted octanol–water partition coefficient (Wildman–Crippen LogP) is 0.958. The van der Waals surface area contributed by atoms with Gasteiger partial charge in [0.25, 0.3) is 11.8 Å². The molecule has 0 atom stereocenters. The lowest BCUT2D eigenvalue weighted by molar-refractivity contribution is -0.255. The monoisotopic (exact) mass is 365 g/mol. The molecule has 1 fully saturated rings.